The van der Waals surface area contributed by atoms with Crippen LogP contribution in [0, 0.1) is 19.7 Å². The third-order valence-corrected chi connectivity index (χ3v) is 4.95. The van der Waals surface area contributed by atoms with Gasteiger partial charge in [-0.05, 0) is 37.6 Å². The van der Waals surface area contributed by atoms with E-state index in [0.29, 0.717) is 54.5 Å². The standard InChI is InChI=1S/C21H26FN3O5/c1-13-18(21(27)30-11-10-28-3)14(2)23-19(13)20(26)24-15-4-5-17(16(22)12-15)25-6-8-29-9-7-25/h4-5,12,23H,6-11H2,1-3H3,(H,24,26). The Bertz CT molecular complexity index is 922. The topological polar surface area (TPSA) is 92.9 Å². The molecule has 0 aliphatic carbocycles. The van der Waals surface area contributed by atoms with Crippen molar-refractivity contribution in [1.82, 2.24) is 4.98 Å². The number of hydrogen-bond donors (Lipinski definition) is 2. The van der Waals surface area contributed by atoms with Crippen LogP contribution in [0.1, 0.15) is 32.1 Å². The molecule has 0 spiro atoms. The van der Waals surface area contributed by atoms with Crippen molar-refractivity contribution in [3.05, 3.63) is 46.5 Å². The summed E-state index contributed by atoms with van der Waals surface area (Å²) in [5.41, 5.74) is 2.33. The molecule has 0 bridgehead atoms. The van der Waals surface area contributed by atoms with E-state index in [-0.39, 0.29) is 18.9 Å². The number of H-pyrrole nitrogens is 1. The zero-order valence-electron chi connectivity index (χ0n) is 17.3. The highest BCUT2D eigenvalue weighted by molar-refractivity contribution is 6.06. The summed E-state index contributed by atoms with van der Waals surface area (Å²) in [6, 6.07) is 4.58. The van der Waals surface area contributed by atoms with Crippen molar-refractivity contribution in [2.75, 3.05) is 56.8 Å². The molecule has 0 radical (unpaired) electrons. The summed E-state index contributed by atoms with van der Waals surface area (Å²) < 4.78 is 29.9. The second kappa shape index (κ2) is 9.73. The van der Waals surface area contributed by atoms with Crippen LogP contribution in [-0.2, 0) is 14.2 Å². The predicted octanol–water partition coefficient (Wildman–Crippen LogP) is 2.66. The highest BCUT2D eigenvalue weighted by atomic mass is 19.1. The number of carbonyl (C=O) groups is 2. The lowest BCUT2D eigenvalue weighted by Crippen LogP contribution is -2.36. The molecule has 0 unspecified atom stereocenters. The van der Waals surface area contributed by atoms with Crippen LogP contribution >= 0.6 is 0 Å². The van der Waals surface area contributed by atoms with Gasteiger partial charge in [0, 0.05) is 31.6 Å². The molecular formula is C21H26FN3O5. The molecule has 2 heterocycles. The van der Waals surface area contributed by atoms with Crippen molar-refractivity contribution in [2.45, 2.75) is 13.8 Å². The Morgan fingerprint density at radius 1 is 1.23 bits per heavy atom. The van der Waals surface area contributed by atoms with Crippen molar-refractivity contribution in [3.63, 3.8) is 0 Å². The maximum Gasteiger partial charge on any atom is 0.340 e. The average molecular weight is 419 g/mol. The third-order valence-electron chi connectivity index (χ3n) is 4.95. The van der Waals surface area contributed by atoms with Crippen LogP contribution in [0.3, 0.4) is 0 Å². The Morgan fingerprint density at radius 2 is 1.97 bits per heavy atom. The zero-order chi connectivity index (χ0) is 21.7. The van der Waals surface area contributed by atoms with Gasteiger partial charge in [0.15, 0.2) is 0 Å². The van der Waals surface area contributed by atoms with Crippen molar-refractivity contribution >= 4 is 23.3 Å². The van der Waals surface area contributed by atoms with E-state index in [0.717, 1.165) is 0 Å². The van der Waals surface area contributed by atoms with E-state index >= 15 is 0 Å². The lowest BCUT2D eigenvalue weighted by atomic mass is 10.1. The minimum absolute atomic E-state index is 0.121. The van der Waals surface area contributed by atoms with Gasteiger partial charge in [0.05, 0.1) is 31.1 Å². The Hall–Kier alpha value is -2.91. The fourth-order valence-electron chi connectivity index (χ4n) is 3.41. The number of rotatable bonds is 7. The van der Waals surface area contributed by atoms with Gasteiger partial charge in [-0.2, -0.15) is 0 Å². The summed E-state index contributed by atoms with van der Waals surface area (Å²) in [6.07, 6.45) is 0. The number of amides is 1. The Balaban J connectivity index is 1.72. The predicted molar refractivity (Wildman–Crippen MR) is 110 cm³/mol. The molecule has 1 fully saturated rings. The molecule has 0 atom stereocenters. The first-order valence-electron chi connectivity index (χ1n) is 9.71. The van der Waals surface area contributed by atoms with Crippen LogP contribution in [0.2, 0.25) is 0 Å². The monoisotopic (exact) mass is 419 g/mol. The normalized spacial score (nSPS) is 13.9. The fourth-order valence-corrected chi connectivity index (χ4v) is 3.41. The largest absolute Gasteiger partial charge is 0.460 e. The molecule has 1 saturated heterocycles. The number of benzene rings is 1. The number of aryl methyl sites for hydroxylation is 1. The molecule has 1 aliphatic rings. The van der Waals surface area contributed by atoms with Gasteiger partial charge in [0.2, 0.25) is 0 Å². The zero-order valence-corrected chi connectivity index (χ0v) is 17.3. The number of anilines is 2. The number of nitrogens with one attached hydrogen (secondary N) is 2. The number of ether oxygens (including phenoxy) is 3. The molecule has 1 aromatic heterocycles. The molecule has 8 nitrogen and oxygen atoms in total. The highest BCUT2D eigenvalue weighted by Crippen LogP contribution is 2.25. The van der Waals surface area contributed by atoms with Gasteiger partial charge < -0.3 is 29.4 Å². The number of halogens is 1. The maximum absolute atomic E-state index is 14.6. The van der Waals surface area contributed by atoms with Crippen molar-refractivity contribution < 1.29 is 28.2 Å². The summed E-state index contributed by atoms with van der Waals surface area (Å²) in [5, 5.41) is 2.68. The van der Waals surface area contributed by atoms with E-state index in [1.165, 1.54) is 13.2 Å². The molecular weight excluding hydrogens is 393 g/mol. The number of hydrogen-bond acceptors (Lipinski definition) is 6. The minimum atomic E-state index is -0.529. The first kappa shape index (κ1) is 21.8. The molecule has 2 aromatic rings. The number of aromatic nitrogens is 1. The molecule has 1 aliphatic heterocycles. The fraction of sp³-hybridized carbons (Fsp3) is 0.429. The molecule has 162 valence electrons. The highest BCUT2D eigenvalue weighted by Gasteiger charge is 2.23. The van der Waals surface area contributed by atoms with E-state index < -0.39 is 17.7 Å². The second-order valence-electron chi connectivity index (χ2n) is 6.97. The van der Waals surface area contributed by atoms with E-state index in [4.69, 9.17) is 14.2 Å². The number of methoxy groups -OCH3 is 1. The van der Waals surface area contributed by atoms with Gasteiger partial charge in [-0.15, -0.1) is 0 Å². The van der Waals surface area contributed by atoms with Gasteiger partial charge in [0.25, 0.3) is 5.91 Å². The Labute approximate surface area is 174 Å². The second-order valence-corrected chi connectivity index (χ2v) is 6.97. The molecule has 3 rings (SSSR count). The number of nitrogens with zero attached hydrogens (tertiary/aromatic N) is 1. The molecule has 0 saturated carbocycles. The van der Waals surface area contributed by atoms with E-state index in [9.17, 15) is 14.0 Å². The molecule has 1 aromatic carbocycles. The van der Waals surface area contributed by atoms with Crippen LogP contribution < -0.4 is 10.2 Å². The van der Waals surface area contributed by atoms with Gasteiger partial charge in [-0.3, -0.25) is 4.79 Å². The van der Waals surface area contributed by atoms with E-state index in [1.807, 2.05) is 4.90 Å². The van der Waals surface area contributed by atoms with Crippen LogP contribution in [0.4, 0.5) is 15.8 Å². The molecule has 2 N–H and O–H groups in total. The third kappa shape index (κ3) is 4.80. The molecule has 9 heteroatoms. The van der Waals surface area contributed by atoms with Gasteiger partial charge in [-0.1, -0.05) is 0 Å². The minimum Gasteiger partial charge on any atom is -0.460 e. The SMILES string of the molecule is COCCOC(=O)c1c(C)[nH]c(C(=O)Nc2ccc(N3CCOCC3)c(F)c2)c1C. The van der Waals surface area contributed by atoms with Crippen molar-refractivity contribution in [3.8, 4) is 0 Å². The molecule has 30 heavy (non-hydrogen) atoms. The first-order chi connectivity index (χ1) is 14.4. The maximum atomic E-state index is 14.6. The van der Waals surface area contributed by atoms with Crippen LogP contribution in [0.15, 0.2) is 18.2 Å². The summed E-state index contributed by atoms with van der Waals surface area (Å²) in [4.78, 5) is 29.8. The number of carbonyl (C=O) groups excluding carboxylic acids is 2. The van der Waals surface area contributed by atoms with Crippen LogP contribution in [-0.4, -0.2) is 63.5 Å². The Kier molecular flexibility index (Phi) is 7.07. The Morgan fingerprint density at radius 3 is 2.63 bits per heavy atom. The van der Waals surface area contributed by atoms with E-state index in [2.05, 4.69) is 10.3 Å². The van der Waals surface area contributed by atoms with Gasteiger partial charge >= 0.3 is 5.97 Å². The number of esters is 1. The lowest BCUT2D eigenvalue weighted by Gasteiger charge is -2.29. The lowest BCUT2D eigenvalue weighted by molar-refractivity contribution is 0.0386. The summed E-state index contributed by atoms with van der Waals surface area (Å²) in [7, 11) is 1.51. The summed E-state index contributed by atoms with van der Waals surface area (Å²) >= 11 is 0. The molecule has 1 amide bonds. The average Bonchev–Trinajstić information content (AvgIpc) is 3.03. The van der Waals surface area contributed by atoms with Crippen LogP contribution in [0.25, 0.3) is 0 Å². The van der Waals surface area contributed by atoms with Crippen LogP contribution in [0.5, 0.6) is 0 Å². The van der Waals surface area contributed by atoms with Gasteiger partial charge in [-0.25, -0.2) is 9.18 Å². The summed E-state index contributed by atoms with van der Waals surface area (Å²) in [6.45, 7) is 6.10. The van der Waals surface area contributed by atoms with Gasteiger partial charge in [0.1, 0.15) is 18.1 Å². The smallest absolute Gasteiger partial charge is 0.340 e. The quantitative estimate of drug-likeness (QED) is 0.530. The van der Waals surface area contributed by atoms with E-state index in [1.54, 1.807) is 26.0 Å². The summed E-state index contributed by atoms with van der Waals surface area (Å²) in [5.74, 6) is -1.42. The number of aromatic amines is 1. The van der Waals surface area contributed by atoms with Crippen molar-refractivity contribution in [1.29, 1.82) is 0 Å². The van der Waals surface area contributed by atoms with Crippen molar-refractivity contribution in [2.24, 2.45) is 0 Å². The first-order valence-corrected chi connectivity index (χ1v) is 9.71. The number of morpholine rings is 1.